The number of benzene rings is 1. The molecule has 1 aliphatic rings. The molecule has 4 nitrogen and oxygen atoms in total. The van der Waals surface area contributed by atoms with Gasteiger partial charge in [-0.05, 0) is 54.3 Å². The fraction of sp³-hybridized carbons (Fsp3) is 0.222. The van der Waals surface area contributed by atoms with Gasteiger partial charge in [0.15, 0.2) is 17.3 Å². The lowest BCUT2D eigenvalue weighted by Crippen LogP contribution is -2.14. The number of allylic oxidation sites excluding steroid dienone is 1. The molecule has 0 radical (unpaired) electrons. The largest absolute Gasteiger partial charge is 0.493 e. The predicted molar refractivity (Wildman–Crippen MR) is 84.4 cm³/mol. The maximum Gasteiger partial charge on any atom is 0.189 e. The van der Waals surface area contributed by atoms with Crippen molar-refractivity contribution < 1.29 is 14.3 Å². The van der Waals surface area contributed by atoms with Crippen LogP contribution in [0.15, 0.2) is 42.2 Å². The Morgan fingerprint density at radius 2 is 1.73 bits per heavy atom. The van der Waals surface area contributed by atoms with Crippen LogP contribution in [0.25, 0.3) is 6.08 Å². The number of nitrogens with zero attached hydrogens (tertiary/aromatic N) is 1. The molecule has 0 aliphatic heterocycles. The van der Waals surface area contributed by atoms with Gasteiger partial charge in [0, 0.05) is 23.5 Å². The molecule has 0 saturated carbocycles. The number of hydrogen-bond donors (Lipinski definition) is 0. The summed E-state index contributed by atoms with van der Waals surface area (Å²) in [5.74, 6) is 1.30. The second-order valence-electron chi connectivity index (χ2n) is 5.14. The molecular weight excluding hydrogens is 278 g/mol. The fourth-order valence-electron chi connectivity index (χ4n) is 2.69. The van der Waals surface area contributed by atoms with Gasteiger partial charge in [0.05, 0.1) is 14.2 Å². The van der Waals surface area contributed by atoms with Gasteiger partial charge in [-0.2, -0.15) is 0 Å². The van der Waals surface area contributed by atoms with E-state index in [1.807, 2.05) is 24.3 Å². The molecule has 1 aromatic heterocycles. The van der Waals surface area contributed by atoms with Crippen LogP contribution in [-0.4, -0.2) is 25.0 Å². The molecule has 1 aliphatic carbocycles. The highest BCUT2D eigenvalue weighted by atomic mass is 16.5. The summed E-state index contributed by atoms with van der Waals surface area (Å²) in [5, 5.41) is 0. The van der Waals surface area contributed by atoms with Gasteiger partial charge < -0.3 is 9.47 Å². The first-order valence-corrected chi connectivity index (χ1v) is 7.13. The number of carbonyl (C=O) groups excluding carboxylic acids is 1. The van der Waals surface area contributed by atoms with Gasteiger partial charge in [-0.1, -0.05) is 0 Å². The number of Topliss-reactive ketones (excluding diaryl/α,β-unsaturated/α-hetero) is 1. The quantitative estimate of drug-likeness (QED) is 0.815. The molecule has 0 amide bonds. The van der Waals surface area contributed by atoms with E-state index in [-0.39, 0.29) is 5.78 Å². The van der Waals surface area contributed by atoms with Gasteiger partial charge in [0.2, 0.25) is 0 Å². The minimum Gasteiger partial charge on any atom is -0.493 e. The molecule has 0 spiro atoms. The van der Waals surface area contributed by atoms with Crippen molar-refractivity contribution in [3.8, 4) is 11.5 Å². The topological polar surface area (TPSA) is 48.4 Å². The third kappa shape index (κ3) is 2.60. The minimum absolute atomic E-state index is 0.0546. The molecule has 0 saturated heterocycles. The first-order chi connectivity index (χ1) is 10.7. The SMILES string of the molecule is COc1cc2c(cc1OC)C(=O)/C(=C/c1ccncc1)CC2. The maximum atomic E-state index is 12.7. The summed E-state index contributed by atoms with van der Waals surface area (Å²) >= 11 is 0. The number of methoxy groups -OCH3 is 2. The summed E-state index contributed by atoms with van der Waals surface area (Å²) in [7, 11) is 3.18. The van der Waals surface area contributed by atoms with Crippen molar-refractivity contribution in [1.29, 1.82) is 0 Å². The summed E-state index contributed by atoms with van der Waals surface area (Å²) < 4.78 is 10.6. The lowest BCUT2D eigenvalue weighted by atomic mass is 9.85. The second kappa shape index (κ2) is 6.02. The van der Waals surface area contributed by atoms with Crippen molar-refractivity contribution in [1.82, 2.24) is 4.98 Å². The number of aromatic nitrogens is 1. The van der Waals surface area contributed by atoms with Crippen LogP contribution in [0.5, 0.6) is 11.5 Å². The number of ketones is 1. The fourth-order valence-corrected chi connectivity index (χ4v) is 2.69. The Hall–Kier alpha value is -2.62. The molecule has 0 unspecified atom stereocenters. The van der Waals surface area contributed by atoms with E-state index in [9.17, 15) is 4.79 Å². The highest BCUT2D eigenvalue weighted by Gasteiger charge is 2.24. The number of carbonyl (C=O) groups is 1. The van der Waals surface area contributed by atoms with Crippen LogP contribution >= 0.6 is 0 Å². The van der Waals surface area contributed by atoms with Crippen molar-refractivity contribution in [3.05, 3.63) is 58.9 Å². The third-order valence-corrected chi connectivity index (χ3v) is 3.86. The van der Waals surface area contributed by atoms with E-state index in [4.69, 9.17) is 9.47 Å². The number of pyridine rings is 1. The molecule has 3 rings (SSSR count). The van der Waals surface area contributed by atoms with E-state index in [1.54, 1.807) is 32.7 Å². The smallest absolute Gasteiger partial charge is 0.189 e. The Bertz CT molecular complexity index is 735. The number of ether oxygens (including phenoxy) is 2. The van der Waals surface area contributed by atoms with Crippen LogP contribution in [-0.2, 0) is 6.42 Å². The van der Waals surface area contributed by atoms with E-state index in [0.29, 0.717) is 17.1 Å². The molecule has 1 heterocycles. The Morgan fingerprint density at radius 1 is 1.05 bits per heavy atom. The summed E-state index contributed by atoms with van der Waals surface area (Å²) in [5.41, 5.74) is 3.51. The Balaban J connectivity index is 2.00. The molecule has 1 aromatic carbocycles. The van der Waals surface area contributed by atoms with Crippen LogP contribution < -0.4 is 9.47 Å². The number of hydrogen-bond acceptors (Lipinski definition) is 4. The Morgan fingerprint density at radius 3 is 2.41 bits per heavy atom. The summed E-state index contributed by atoms with van der Waals surface area (Å²) in [6, 6.07) is 7.46. The average Bonchev–Trinajstić information content (AvgIpc) is 2.57. The number of aryl methyl sites for hydroxylation is 1. The molecule has 22 heavy (non-hydrogen) atoms. The highest BCUT2D eigenvalue weighted by molar-refractivity contribution is 6.13. The number of fused-ring (bicyclic) bond motifs is 1. The zero-order chi connectivity index (χ0) is 15.5. The maximum absolute atomic E-state index is 12.7. The first-order valence-electron chi connectivity index (χ1n) is 7.13. The van der Waals surface area contributed by atoms with Crippen molar-refractivity contribution in [2.45, 2.75) is 12.8 Å². The molecule has 2 aromatic rings. The van der Waals surface area contributed by atoms with Crippen LogP contribution in [0.2, 0.25) is 0 Å². The van der Waals surface area contributed by atoms with Crippen molar-refractivity contribution in [2.24, 2.45) is 0 Å². The van der Waals surface area contributed by atoms with E-state index in [2.05, 4.69) is 4.98 Å². The molecule has 0 atom stereocenters. The van der Waals surface area contributed by atoms with Crippen molar-refractivity contribution in [2.75, 3.05) is 14.2 Å². The van der Waals surface area contributed by atoms with E-state index >= 15 is 0 Å². The summed E-state index contributed by atoms with van der Waals surface area (Å²) in [4.78, 5) is 16.7. The van der Waals surface area contributed by atoms with Gasteiger partial charge in [-0.3, -0.25) is 9.78 Å². The van der Waals surface area contributed by atoms with Gasteiger partial charge >= 0.3 is 0 Å². The molecule has 112 valence electrons. The zero-order valence-corrected chi connectivity index (χ0v) is 12.6. The van der Waals surface area contributed by atoms with Crippen LogP contribution in [0.4, 0.5) is 0 Å². The first kappa shape index (κ1) is 14.3. The van der Waals surface area contributed by atoms with Gasteiger partial charge in [0.1, 0.15) is 0 Å². The van der Waals surface area contributed by atoms with Gasteiger partial charge in [-0.15, -0.1) is 0 Å². The van der Waals surface area contributed by atoms with Crippen molar-refractivity contribution in [3.63, 3.8) is 0 Å². The van der Waals surface area contributed by atoms with Gasteiger partial charge in [0.25, 0.3) is 0 Å². The molecule has 0 fully saturated rings. The van der Waals surface area contributed by atoms with Crippen LogP contribution in [0.3, 0.4) is 0 Å². The Kier molecular flexibility index (Phi) is 3.92. The Labute approximate surface area is 129 Å². The van der Waals surface area contributed by atoms with Crippen LogP contribution in [0, 0.1) is 0 Å². The lowest BCUT2D eigenvalue weighted by molar-refractivity contribution is 0.102. The number of rotatable bonds is 3. The average molecular weight is 295 g/mol. The van der Waals surface area contributed by atoms with E-state index in [0.717, 1.165) is 29.5 Å². The standard InChI is InChI=1S/C18H17NO3/c1-21-16-10-13-3-4-14(9-12-5-7-19-8-6-12)18(20)15(13)11-17(16)22-2/h5-11H,3-4H2,1-2H3/b14-9+. The highest BCUT2D eigenvalue weighted by Crippen LogP contribution is 2.35. The normalized spacial score (nSPS) is 15.5. The van der Waals surface area contributed by atoms with E-state index in [1.165, 1.54) is 0 Å². The molecule has 4 heteroatoms. The predicted octanol–water partition coefficient (Wildman–Crippen LogP) is 3.31. The van der Waals surface area contributed by atoms with Gasteiger partial charge in [-0.25, -0.2) is 0 Å². The van der Waals surface area contributed by atoms with Crippen molar-refractivity contribution >= 4 is 11.9 Å². The monoisotopic (exact) mass is 295 g/mol. The molecule has 0 N–H and O–H groups in total. The summed E-state index contributed by atoms with van der Waals surface area (Å²) in [6.07, 6.45) is 6.93. The van der Waals surface area contributed by atoms with E-state index < -0.39 is 0 Å². The third-order valence-electron chi connectivity index (χ3n) is 3.86. The zero-order valence-electron chi connectivity index (χ0n) is 12.6. The second-order valence-corrected chi connectivity index (χ2v) is 5.14. The minimum atomic E-state index is 0.0546. The molecule has 0 bridgehead atoms. The van der Waals surface area contributed by atoms with Crippen LogP contribution in [0.1, 0.15) is 27.9 Å². The lowest BCUT2D eigenvalue weighted by Gasteiger charge is -2.20. The summed E-state index contributed by atoms with van der Waals surface area (Å²) in [6.45, 7) is 0. The molecular formula is C18H17NO3.